The van der Waals surface area contributed by atoms with Crippen LogP contribution in [0.15, 0.2) is 18.2 Å². The van der Waals surface area contributed by atoms with E-state index in [1.807, 2.05) is 6.07 Å². The molecule has 0 aliphatic carbocycles. The number of nitrogens with one attached hydrogen (secondary N) is 1. The summed E-state index contributed by atoms with van der Waals surface area (Å²) in [5.74, 6) is 1.11. The fraction of sp³-hybridized carbons (Fsp3) is 0.571. The zero-order valence-corrected chi connectivity index (χ0v) is 10.2. The fourth-order valence-electron chi connectivity index (χ4n) is 2.40. The van der Waals surface area contributed by atoms with E-state index in [2.05, 4.69) is 25.2 Å². The Labute approximate surface area is 97.7 Å². The topological polar surface area (TPSA) is 32.3 Å². The molecular formula is C14H21NO. The van der Waals surface area contributed by atoms with E-state index in [0.29, 0.717) is 11.8 Å². The highest BCUT2D eigenvalue weighted by Gasteiger charge is 2.21. The van der Waals surface area contributed by atoms with Crippen LogP contribution in [0.1, 0.15) is 43.9 Å². The minimum Gasteiger partial charge on any atom is -0.508 e. The number of phenolic OH excluding ortho intramolecular Hbond substituents is 1. The summed E-state index contributed by atoms with van der Waals surface area (Å²) in [5, 5.41) is 13.1. The van der Waals surface area contributed by atoms with Crippen molar-refractivity contribution in [2.45, 2.75) is 39.2 Å². The molecule has 2 rings (SSSR count). The summed E-state index contributed by atoms with van der Waals surface area (Å²) in [6, 6.07) is 6.21. The maximum Gasteiger partial charge on any atom is 0.115 e. The van der Waals surface area contributed by atoms with E-state index < -0.39 is 0 Å². The summed E-state index contributed by atoms with van der Waals surface area (Å²) in [6.45, 7) is 5.58. The van der Waals surface area contributed by atoms with E-state index in [1.165, 1.54) is 17.5 Å². The van der Waals surface area contributed by atoms with Crippen molar-refractivity contribution in [1.29, 1.82) is 0 Å². The maximum absolute atomic E-state index is 9.57. The number of fused-ring (bicyclic) bond motifs is 1. The van der Waals surface area contributed by atoms with Gasteiger partial charge < -0.3 is 10.4 Å². The molecule has 0 saturated heterocycles. The van der Waals surface area contributed by atoms with Gasteiger partial charge in [0.1, 0.15) is 5.75 Å². The van der Waals surface area contributed by atoms with Crippen LogP contribution in [0.5, 0.6) is 5.75 Å². The Bertz CT molecular complexity index is 362. The second-order valence-corrected chi connectivity index (χ2v) is 4.89. The quantitative estimate of drug-likeness (QED) is 0.819. The van der Waals surface area contributed by atoms with Crippen molar-refractivity contribution >= 4 is 0 Å². The largest absolute Gasteiger partial charge is 0.508 e. The van der Waals surface area contributed by atoms with Crippen LogP contribution >= 0.6 is 0 Å². The first-order valence-electron chi connectivity index (χ1n) is 6.26. The monoisotopic (exact) mass is 219 g/mol. The number of hydrogen-bond acceptors (Lipinski definition) is 2. The smallest absolute Gasteiger partial charge is 0.115 e. The van der Waals surface area contributed by atoms with Gasteiger partial charge in [-0.3, -0.25) is 0 Å². The average molecular weight is 219 g/mol. The minimum atomic E-state index is 0.386. The molecule has 1 aromatic rings. The lowest BCUT2D eigenvalue weighted by Gasteiger charge is -2.29. The Morgan fingerprint density at radius 2 is 2.31 bits per heavy atom. The molecule has 2 unspecified atom stereocenters. The first-order valence-corrected chi connectivity index (χ1v) is 6.26. The predicted molar refractivity (Wildman–Crippen MR) is 66.6 cm³/mol. The van der Waals surface area contributed by atoms with Gasteiger partial charge in [0.15, 0.2) is 0 Å². The Balaban J connectivity index is 2.21. The lowest BCUT2D eigenvalue weighted by molar-refractivity contribution is 0.387. The predicted octanol–water partition coefficient (Wildman–Crippen LogP) is 3.02. The summed E-state index contributed by atoms with van der Waals surface area (Å²) < 4.78 is 0. The SMILES string of the molecule is CCC(C)CC1NCCc2ccc(O)cc21. The number of hydrogen-bond donors (Lipinski definition) is 2. The van der Waals surface area contributed by atoms with E-state index in [4.69, 9.17) is 0 Å². The second-order valence-electron chi connectivity index (χ2n) is 4.89. The van der Waals surface area contributed by atoms with Gasteiger partial charge in [0.05, 0.1) is 0 Å². The van der Waals surface area contributed by atoms with Crippen molar-refractivity contribution < 1.29 is 5.11 Å². The van der Waals surface area contributed by atoms with Crippen LogP contribution in [-0.2, 0) is 6.42 Å². The van der Waals surface area contributed by atoms with Gasteiger partial charge in [0.25, 0.3) is 0 Å². The summed E-state index contributed by atoms with van der Waals surface area (Å²) in [5.41, 5.74) is 2.69. The molecule has 0 saturated carbocycles. The van der Waals surface area contributed by atoms with Crippen molar-refractivity contribution in [3.8, 4) is 5.75 Å². The summed E-state index contributed by atoms with van der Waals surface area (Å²) in [4.78, 5) is 0. The lowest BCUT2D eigenvalue weighted by Crippen LogP contribution is -2.30. The van der Waals surface area contributed by atoms with E-state index in [9.17, 15) is 5.11 Å². The van der Waals surface area contributed by atoms with E-state index >= 15 is 0 Å². The van der Waals surface area contributed by atoms with Crippen LogP contribution in [0.25, 0.3) is 0 Å². The number of phenols is 1. The molecule has 0 spiro atoms. The Kier molecular flexibility index (Phi) is 3.49. The van der Waals surface area contributed by atoms with Crippen LogP contribution in [0.4, 0.5) is 0 Å². The number of rotatable bonds is 3. The van der Waals surface area contributed by atoms with Gasteiger partial charge in [0.2, 0.25) is 0 Å². The van der Waals surface area contributed by atoms with Crippen LogP contribution < -0.4 is 5.32 Å². The molecule has 0 amide bonds. The van der Waals surface area contributed by atoms with Gasteiger partial charge in [-0.15, -0.1) is 0 Å². The second kappa shape index (κ2) is 4.88. The summed E-state index contributed by atoms with van der Waals surface area (Å²) >= 11 is 0. The highest BCUT2D eigenvalue weighted by atomic mass is 16.3. The van der Waals surface area contributed by atoms with E-state index in [-0.39, 0.29) is 0 Å². The molecule has 0 fully saturated rings. The van der Waals surface area contributed by atoms with Crippen molar-refractivity contribution in [1.82, 2.24) is 5.32 Å². The molecule has 16 heavy (non-hydrogen) atoms. The fourth-order valence-corrected chi connectivity index (χ4v) is 2.40. The van der Waals surface area contributed by atoms with Gasteiger partial charge >= 0.3 is 0 Å². The molecular weight excluding hydrogens is 198 g/mol. The van der Waals surface area contributed by atoms with Crippen LogP contribution in [0.3, 0.4) is 0 Å². The molecule has 2 atom stereocenters. The molecule has 2 nitrogen and oxygen atoms in total. The van der Waals surface area contributed by atoms with Crippen molar-refractivity contribution in [3.63, 3.8) is 0 Å². The highest BCUT2D eigenvalue weighted by molar-refractivity contribution is 5.38. The van der Waals surface area contributed by atoms with Crippen molar-refractivity contribution in [3.05, 3.63) is 29.3 Å². The molecule has 0 bridgehead atoms. The molecule has 1 aliphatic rings. The van der Waals surface area contributed by atoms with Crippen LogP contribution in [0, 0.1) is 5.92 Å². The minimum absolute atomic E-state index is 0.386. The van der Waals surface area contributed by atoms with Gasteiger partial charge in [-0.2, -0.15) is 0 Å². The molecule has 88 valence electrons. The first kappa shape index (κ1) is 11.5. The summed E-state index contributed by atoms with van der Waals surface area (Å²) in [7, 11) is 0. The standard InChI is InChI=1S/C14H21NO/c1-3-10(2)8-14-13-9-12(16)5-4-11(13)6-7-15-14/h4-5,9-10,14-16H,3,6-8H2,1-2H3. The van der Waals surface area contributed by atoms with Gasteiger partial charge in [0, 0.05) is 6.04 Å². The normalized spacial score (nSPS) is 21.5. The zero-order valence-electron chi connectivity index (χ0n) is 10.2. The third-order valence-corrected chi connectivity index (χ3v) is 3.62. The molecule has 2 N–H and O–H groups in total. The number of aromatic hydroxyl groups is 1. The molecule has 0 radical (unpaired) electrons. The van der Waals surface area contributed by atoms with Crippen molar-refractivity contribution in [2.75, 3.05) is 6.54 Å². The van der Waals surface area contributed by atoms with Crippen LogP contribution in [-0.4, -0.2) is 11.7 Å². The van der Waals surface area contributed by atoms with Crippen LogP contribution in [0.2, 0.25) is 0 Å². The third kappa shape index (κ3) is 2.38. The molecule has 2 heteroatoms. The molecule has 1 heterocycles. The lowest BCUT2D eigenvalue weighted by atomic mass is 9.88. The van der Waals surface area contributed by atoms with Gasteiger partial charge in [-0.1, -0.05) is 26.3 Å². The maximum atomic E-state index is 9.57. The first-order chi connectivity index (χ1) is 7.70. The number of benzene rings is 1. The Hall–Kier alpha value is -1.02. The zero-order chi connectivity index (χ0) is 11.5. The molecule has 0 aromatic heterocycles. The Morgan fingerprint density at radius 3 is 3.06 bits per heavy atom. The third-order valence-electron chi connectivity index (χ3n) is 3.62. The van der Waals surface area contributed by atoms with Crippen molar-refractivity contribution in [2.24, 2.45) is 5.92 Å². The molecule has 1 aliphatic heterocycles. The molecule has 1 aromatic carbocycles. The Morgan fingerprint density at radius 1 is 1.50 bits per heavy atom. The summed E-state index contributed by atoms with van der Waals surface area (Å²) in [6.07, 6.45) is 3.45. The van der Waals surface area contributed by atoms with E-state index in [1.54, 1.807) is 6.07 Å². The van der Waals surface area contributed by atoms with Gasteiger partial charge in [-0.05, 0) is 48.6 Å². The highest BCUT2D eigenvalue weighted by Crippen LogP contribution is 2.31. The van der Waals surface area contributed by atoms with E-state index in [0.717, 1.165) is 25.3 Å². The average Bonchev–Trinajstić information content (AvgIpc) is 2.29. The van der Waals surface area contributed by atoms with Gasteiger partial charge in [-0.25, -0.2) is 0 Å².